The minimum atomic E-state index is -0.264. The van der Waals surface area contributed by atoms with E-state index in [1.807, 2.05) is 0 Å². The highest BCUT2D eigenvalue weighted by Gasteiger charge is 2.54. The van der Waals surface area contributed by atoms with Gasteiger partial charge in [0, 0.05) is 11.8 Å². The molecule has 2 bridgehead atoms. The number of hydrogen-bond donors (Lipinski definition) is 1. The number of amides is 1. The number of carbonyl (C=O) groups excluding carboxylic acids is 3. The number of isocyanates is 2. The second-order valence-corrected chi connectivity index (χ2v) is 5.74. The summed E-state index contributed by atoms with van der Waals surface area (Å²) in [5.41, 5.74) is 5.02. The lowest BCUT2D eigenvalue weighted by Crippen LogP contribution is -2.37. The van der Waals surface area contributed by atoms with Gasteiger partial charge in [0.05, 0.1) is 13.1 Å². The number of nitrogens with zero attached hydrogens (tertiary/aromatic N) is 2. The summed E-state index contributed by atoms with van der Waals surface area (Å²) >= 11 is 0. The maximum Gasteiger partial charge on any atom is 0.234 e. The third kappa shape index (κ3) is 2.65. The maximum absolute atomic E-state index is 11.0. The van der Waals surface area contributed by atoms with Gasteiger partial charge in [0.15, 0.2) is 0 Å². The van der Waals surface area contributed by atoms with Gasteiger partial charge in [-0.25, -0.2) is 19.6 Å². The Balaban J connectivity index is 2.10. The number of carbonyl (C=O) groups is 1. The molecule has 0 saturated heterocycles. The summed E-state index contributed by atoms with van der Waals surface area (Å²) in [5, 5.41) is 0. The molecule has 2 saturated carbocycles. The Morgan fingerprint density at radius 2 is 1.84 bits per heavy atom. The monoisotopic (exact) mass is 263 g/mol. The Hall–Kier alpha value is -1.77. The molecule has 1 amide bonds. The lowest BCUT2D eigenvalue weighted by atomic mass is 9.69. The van der Waals surface area contributed by atoms with E-state index in [2.05, 4.69) is 9.98 Å². The summed E-state index contributed by atoms with van der Waals surface area (Å²) in [6.45, 7) is 0.707. The van der Waals surface area contributed by atoms with E-state index in [-0.39, 0.29) is 11.3 Å². The topological polar surface area (TPSA) is 102 Å². The van der Waals surface area contributed by atoms with Crippen LogP contribution in [-0.2, 0) is 14.4 Å². The van der Waals surface area contributed by atoms with Gasteiger partial charge in [0.1, 0.15) is 0 Å². The van der Waals surface area contributed by atoms with Crippen molar-refractivity contribution < 1.29 is 14.4 Å². The molecule has 2 aliphatic rings. The van der Waals surface area contributed by atoms with Crippen molar-refractivity contribution in [3.63, 3.8) is 0 Å². The zero-order valence-corrected chi connectivity index (χ0v) is 10.7. The molecule has 2 fully saturated rings. The molecule has 0 aromatic carbocycles. The first-order chi connectivity index (χ1) is 9.11. The van der Waals surface area contributed by atoms with Crippen LogP contribution in [0.4, 0.5) is 0 Å². The van der Waals surface area contributed by atoms with Crippen molar-refractivity contribution in [3.8, 4) is 0 Å². The second-order valence-electron chi connectivity index (χ2n) is 5.74. The van der Waals surface area contributed by atoms with E-state index in [1.54, 1.807) is 12.2 Å². The molecule has 2 rings (SSSR count). The van der Waals surface area contributed by atoms with Gasteiger partial charge in [0.2, 0.25) is 18.1 Å². The van der Waals surface area contributed by atoms with Crippen LogP contribution < -0.4 is 5.73 Å². The Morgan fingerprint density at radius 3 is 2.26 bits per heavy atom. The fraction of sp³-hybridized carbons (Fsp3) is 0.769. The summed E-state index contributed by atoms with van der Waals surface area (Å²) < 4.78 is 0. The Labute approximate surface area is 111 Å². The summed E-state index contributed by atoms with van der Waals surface area (Å²) in [4.78, 5) is 39.1. The van der Waals surface area contributed by atoms with Crippen LogP contribution in [0.25, 0.3) is 0 Å². The predicted molar refractivity (Wildman–Crippen MR) is 66.5 cm³/mol. The highest BCUT2D eigenvalue weighted by molar-refractivity contribution is 5.74. The quantitative estimate of drug-likeness (QED) is 0.559. The molecule has 6 nitrogen and oxygen atoms in total. The summed E-state index contributed by atoms with van der Waals surface area (Å²) in [6, 6.07) is 0. The van der Waals surface area contributed by atoms with Crippen LogP contribution in [0.15, 0.2) is 9.98 Å². The van der Waals surface area contributed by atoms with E-state index < -0.39 is 0 Å². The molecule has 0 aromatic heterocycles. The van der Waals surface area contributed by atoms with Crippen molar-refractivity contribution in [3.05, 3.63) is 0 Å². The molecule has 0 aromatic rings. The smallest absolute Gasteiger partial charge is 0.234 e. The third-order valence-electron chi connectivity index (χ3n) is 4.76. The van der Waals surface area contributed by atoms with Crippen molar-refractivity contribution in [2.45, 2.75) is 25.7 Å². The first-order valence-electron chi connectivity index (χ1n) is 6.47. The van der Waals surface area contributed by atoms with E-state index in [4.69, 9.17) is 5.73 Å². The largest absolute Gasteiger partial charge is 0.370 e. The summed E-state index contributed by atoms with van der Waals surface area (Å²) in [5.74, 6) is 0.827. The minimum Gasteiger partial charge on any atom is -0.370 e. The van der Waals surface area contributed by atoms with Crippen LogP contribution in [-0.4, -0.2) is 31.2 Å². The molecule has 3 atom stereocenters. The van der Waals surface area contributed by atoms with E-state index in [1.165, 1.54) is 0 Å². The van der Waals surface area contributed by atoms with Gasteiger partial charge in [0.25, 0.3) is 0 Å². The van der Waals surface area contributed by atoms with Crippen molar-refractivity contribution >= 4 is 18.1 Å². The SMILES string of the molecule is NC(=O)CC1CC2CC1CC2(CN=C=O)CN=C=O. The highest BCUT2D eigenvalue weighted by Crippen LogP contribution is 2.59. The van der Waals surface area contributed by atoms with Crippen LogP contribution in [0.3, 0.4) is 0 Å². The Kier molecular flexibility index (Phi) is 3.93. The average Bonchev–Trinajstić information content (AvgIpc) is 2.91. The van der Waals surface area contributed by atoms with E-state index >= 15 is 0 Å². The van der Waals surface area contributed by atoms with Gasteiger partial charge in [-0.05, 0) is 37.0 Å². The molecule has 6 heteroatoms. The average molecular weight is 263 g/mol. The van der Waals surface area contributed by atoms with Crippen LogP contribution in [0, 0.1) is 23.2 Å². The Morgan fingerprint density at radius 1 is 1.21 bits per heavy atom. The standard InChI is InChI=1S/C13H17N3O3/c14-12(19)3-9-1-11-2-10(9)4-13(11,5-15-7-17)6-16-8-18/h9-11H,1-6H2,(H2,14,19). The van der Waals surface area contributed by atoms with Gasteiger partial charge >= 0.3 is 0 Å². The van der Waals surface area contributed by atoms with E-state index in [0.717, 1.165) is 19.3 Å². The number of aliphatic imine (C=N–C) groups is 2. The molecule has 2 N–H and O–H groups in total. The van der Waals surface area contributed by atoms with Crippen molar-refractivity contribution in [2.75, 3.05) is 13.1 Å². The third-order valence-corrected chi connectivity index (χ3v) is 4.76. The maximum atomic E-state index is 11.0. The van der Waals surface area contributed by atoms with Crippen LogP contribution >= 0.6 is 0 Å². The summed E-state index contributed by atoms with van der Waals surface area (Å²) in [7, 11) is 0. The predicted octanol–water partition coefficient (Wildman–Crippen LogP) is 0.566. The normalized spacial score (nSPS) is 35.5. The van der Waals surface area contributed by atoms with Crippen molar-refractivity contribution in [2.24, 2.45) is 38.9 Å². The lowest BCUT2D eigenvalue weighted by molar-refractivity contribution is -0.119. The fourth-order valence-corrected chi connectivity index (χ4v) is 3.98. The summed E-state index contributed by atoms with van der Waals surface area (Å²) in [6.07, 6.45) is 6.28. The lowest BCUT2D eigenvalue weighted by Gasteiger charge is -2.37. The van der Waals surface area contributed by atoms with Gasteiger partial charge in [-0.2, -0.15) is 0 Å². The second kappa shape index (κ2) is 5.47. The van der Waals surface area contributed by atoms with Crippen molar-refractivity contribution in [1.29, 1.82) is 0 Å². The molecule has 102 valence electrons. The first-order valence-corrected chi connectivity index (χ1v) is 6.47. The Bertz CT molecular complexity index is 444. The van der Waals surface area contributed by atoms with E-state index in [9.17, 15) is 14.4 Å². The highest BCUT2D eigenvalue weighted by atomic mass is 16.1. The minimum absolute atomic E-state index is 0.229. The zero-order valence-electron chi connectivity index (χ0n) is 10.7. The van der Waals surface area contributed by atoms with Gasteiger partial charge < -0.3 is 5.73 Å². The number of hydrogen-bond acceptors (Lipinski definition) is 5. The van der Waals surface area contributed by atoms with Gasteiger partial charge in [-0.3, -0.25) is 4.79 Å². The zero-order chi connectivity index (χ0) is 13.9. The molecule has 3 unspecified atom stereocenters. The number of fused-ring (bicyclic) bond motifs is 2. The number of primary amides is 1. The molecular formula is C13H17N3O3. The number of rotatable bonds is 6. The molecule has 0 spiro atoms. The van der Waals surface area contributed by atoms with Gasteiger partial charge in [-0.1, -0.05) is 0 Å². The molecule has 0 aliphatic heterocycles. The molecule has 0 heterocycles. The van der Waals surface area contributed by atoms with Crippen LogP contribution in [0.1, 0.15) is 25.7 Å². The molecule has 2 aliphatic carbocycles. The molecular weight excluding hydrogens is 246 g/mol. The van der Waals surface area contributed by atoms with E-state index in [0.29, 0.717) is 37.3 Å². The van der Waals surface area contributed by atoms with Gasteiger partial charge in [-0.15, -0.1) is 0 Å². The van der Waals surface area contributed by atoms with Crippen LogP contribution in [0.2, 0.25) is 0 Å². The first kappa shape index (κ1) is 13.7. The molecule has 19 heavy (non-hydrogen) atoms. The van der Waals surface area contributed by atoms with Crippen LogP contribution in [0.5, 0.6) is 0 Å². The van der Waals surface area contributed by atoms with Crippen molar-refractivity contribution in [1.82, 2.24) is 0 Å². The number of nitrogens with two attached hydrogens (primary N) is 1. The fourth-order valence-electron chi connectivity index (χ4n) is 3.98. The molecule has 0 radical (unpaired) electrons.